The van der Waals surface area contributed by atoms with E-state index < -0.39 is 18.6 Å². The molecule has 48 heavy (non-hydrogen) atoms. The van der Waals surface area contributed by atoms with Gasteiger partial charge in [-0.25, -0.2) is 19.2 Å². The van der Waals surface area contributed by atoms with Crippen molar-refractivity contribution in [3.05, 3.63) is 99.4 Å². The highest BCUT2D eigenvalue weighted by Gasteiger charge is 2.20. The van der Waals surface area contributed by atoms with Gasteiger partial charge in [-0.3, -0.25) is 19.8 Å². The summed E-state index contributed by atoms with van der Waals surface area (Å²) < 4.78 is 20.8. The van der Waals surface area contributed by atoms with Crippen molar-refractivity contribution in [1.82, 2.24) is 30.1 Å². The van der Waals surface area contributed by atoms with Crippen LogP contribution in [0, 0.1) is 0 Å². The van der Waals surface area contributed by atoms with Crippen LogP contribution in [0.25, 0.3) is 32.6 Å². The number of morpholine rings is 1. The molecule has 1 saturated heterocycles. The second-order valence-electron chi connectivity index (χ2n) is 11.3. The van der Waals surface area contributed by atoms with Crippen LogP contribution < -0.4 is 21.4 Å². The molecule has 3 N–H and O–H groups in total. The third-order valence-corrected chi connectivity index (χ3v) is 8.98. The van der Waals surface area contributed by atoms with Crippen LogP contribution >= 0.6 is 11.3 Å². The van der Waals surface area contributed by atoms with Crippen LogP contribution in [0.2, 0.25) is 0 Å². The second-order valence-corrected chi connectivity index (χ2v) is 12.2. The van der Waals surface area contributed by atoms with Crippen molar-refractivity contribution in [2.75, 3.05) is 51.3 Å². The number of hydrogen-bond donors (Lipinski definition) is 3. The summed E-state index contributed by atoms with van der Waals surface area (Å²) in [7, 11) is 0. The summed E-state index contributed by atoms with van der Waals surface area (Å²) in [5, 5.41) is 10.9. The van der Waals surface area contributed by atoms with Crippen molar-refractivity contribution < 1.29 is 18.7 Å². The van der Waals surface area contributed by atoms with E-state index in [9.17, 15) is 18.8 Å². The van der Waals surface area contributed by atoms with E-state index in [1.54, 1.807) is 36.0 Å². The van der Waals surface area contributed by atoms with Gasteiger partial charge in [-0.1, -0.05) is 36.4 Å². The Balaban J connectivity index is 1.40. The van der Waals surface area contributed by atoms with E-state index in [1.165, 1.54) is 11.3 Å². The molecule has 11 nitrogen and oxygen atoms in total. The SMILES string of the molecule is CCNC(=O)Nc1cc(-c2nc(CF)cs2)c(-c2ccc3c(=O)c(C(=O)NCCN4CCOCC4)cn(Cc4ccccc4)c3c2)cn1. The minimum atomic E-state index is -0.703. The van der Waals surface area contributed by atoms with Gasteiger partial charge >= 0.3 is 6.03 Å². The maximum absolute atomic E-state index is 13.8. The molecule has 5 aromatic rings. The molecule has 0 bridgehead atoms. The molecule has 0 atom stereocenters. The van der Waals surface area contributed by atoms with Gasteiger partial charge in [0.1, 0.15) is 23.1 Å². The van der Waals surface area contributed by atoms with Crippen LogP contribution in [0.5, 0.6) is 0 Å². The molecule has 0 aliphatic carbocycles. The van der Waals surface area contributed by atoms with E-state index in [2.05, 4.69) is 30.8 Å². The number of fused-ring (bicyclic) bond motifs is 1. The number of alkyl halides is 1. The number of hydrogen-bond acceptors (Lipinski definition) is 8. The van der Waals surface area contributed by atoms with Crippen molar-refractivity contribution in [3.8, 4) is 21.7 Å². The van der Waals surface area contributed by atoms with Gasteiger partial charge in [0.2, 0.25) is 5.43 Å². The Bertz CT molecular complexity index is 1980. The minimum absolute atomic E-state index is 0.0674. The maximum Gasteiger partial charge on any atom is 0.320 e. The molecule has 13 heteroatoms. The Labute approximate surface area is 280 Å². The summed E-state index contributed by atoms with van der Waals surface area (Å²) in [6.45, 7) is 6.01. The first-order valence-corrected chi connectivity index (χ1v) is 16.7. The predicted octanol–water partition coefficient (Wildman–Crippen LogP) is 4.91. The summed E-state index contributed by atoms with van der Waals surface area (Å²) in [5.41, 5.74) is 3.70. The second kappa shape index (κ2) is 15.3. The number of benzene rings is 2. The van der Waals surface area contributed by atoms with E-state index in [0.717, 1.165) is 24.2 Å². The van der Waals surface area contributed by atoms with Gasteiger partial charge in [-0.15, -0.1) is 11.3 Å². The van der Waals surface area contributed by atoms with Crippen LogP contribution in [0.3, 0.4) is 0 Å². The third-order valence-electron chi connectivity index (χ3n) is 8.05. The number of halogens is 1. The predicted molar refractivity (Wildman–Crippen MR) is 185 cm³/mol. The lowest BCUT2D eigenvalue weighted by Crippen LogP contribution is -2.42. The highest BCUT2D eigenvalue weighted by atomic mass is 32.1. The van der Waals surface area contributed by atoms with Crippen molar-refractivity contribution >= 4 is 40.0 Å². The number of anilines is 1. The van der Waals surface area contributed by atoms with Crippen LogP contribution in [-0.4, -0.2) is 77.3 Å². The average molecular weight is 670 g/mol. The first kappa shape index (κ1) is 32.9. The zero-order valence-corrected chi connectivity index (χ0v) is 27.3. The van der Waals surface area contributed by atoms with Gasteiger partial charge in [0.15, 0.2) is 0 Å². The molecule has 4 heterocycles. The Morgan fingerprint density at radius 3 is 2.60 bits per heavy atom. The molecule has 3 amide bonds. The smallest absolute Gasteiger partial charge is 0.320 e. The summed E-state index contributed by atoms with van der Waals surface area (Å²) in [6, 6.07) is 16.5. The number of aromatic nitrogens is 3. The van der Waals surface area contributed by atoms with Crippen LogP contribution in [0.4, 0.5) is 15.0 Å². The van der Waals surface area contributed by atoms with Crippen molar-refractivity contribution in [2.45, 2.75) is 20.1 Å². The Morgan fingerprint density at radius 2 is 1.85 bits per heavy atom. The Kier molecular flexibility index (Phi) is 10.5. The Morgan fingerprint density at radius 1 is 1.04 bits per heavy atom. The van der Waals surface area contributed by atoms with Crippen LogP contribution in [0.1, 0.15) is 28.5 Å². The minimum Gasteiger partial charge on any atom is -0.379 e. The first-order chi connectivity index (χ1) is 23.4. The maximum atomic E-state index is 13.8. The molecule has 1 fully saturated rings. The van der Waals surface area contributed by atoms with Crippen molar-refractivity contribution in [1.29, 1.82) is 0 Å². The fraction of sp³-hybridized carbons (Fsp3) is 0.286. The molecule has 0 saturated carbocycles. The van der Waals surface area contributed by atoms with Gasteiger partial charge in [0.05, 0.1) is 24.4 Å². The van der Waals surface area contributed by atoms with E-state index in [-0.39, 0.29) is 11.0 Å². The average Bonchev–Trinajstić information content (AvgIpc) is 3.60. The van der Waals surface area contributed by atoms with Gasteiger partial charge in [0.25, 0.3) is 5.91 Å². The molecule has 2 aromatic carbocycles. The topological polar surface area (TPSA) is 130 Å². The van der Waals surface area contributed by atoms with E-state index in [0.29, 0.717) is 77.9 Å². The molecule has 6 rings (SSSR count). The molecule has 0 spiro atoms. The summed E-state index contributed by atoms with van der Waals surface area (Å²) >= 11 is 1.29. The lowest BCUT2D eigenvalue weighted by atomic mass is 9.99. The molecule has 3 aromatic heterocycles. The van der Waals surface area contributed by atoms with E-state index in [1.807, 2.05) is 47.9 Å². The number of urea groups is 1. The number of amides is 3. The molecule has 0 radical (unpaired) electrons. The highest BCUT2D eigenvalue weighted by Crippen LogP contribution is 2.36. The normalized spacial score (nSPS) is 13.4. The zero-order chi connectivity index (χ0) is 33.5. The molecule has 0 unspecified atom stereocenters. The summed E-state index contributed by atoms with van der Waals surface area (Å²) in [6.07, 6.45) is 3.25. The highest BCUT2D eigenvalue weighted by molar-refractivity contribution is 7.13. The van der Waals surface area contributed by atoms with Crippen LogP contribution in [-0.2, 0) is 18.0 Å². The van der Waals surface area contributed by atoms with Gasteiger partial charge < -0.3 is 19.9 Å². The quantitative estimate of drug-likeness (QED) is 0.182. The third kappa shape index (κ3) is 7.59. The lowest BCUT2D eigenvalue weighted by molar-refractivity contribution is 0.0383. The lowest BCUT2D eigenvalue weighted by Gasteiger charge is -2.26. The Hall–Kier alpha value is -4.98. The van der Waals surface area contributed by atoms with Gasteiger partial charge in [0, 0.05) is 73.6 Å². The number of nitrogens with one attached hydrogen (secondary N) is 3. The molecule has 1 aliphatic heterocycles. The van der Waals surface area contributed by atoms with Crippen LogP contribution in [0.15, 0.2) is 77.2 Å². The van der Waals surface area contributed by atoms with Crippen molar-refractivity contribution in [3.63, 3.8) is 0 Å². The summed E-state index contributed by atoms with van der Waals surface area (Å²) in [4.78, 5) is 50.6. The van der Waals surface area contributed by atoms with Crippen molar-refractivity contribution in [2.24, 2.45) is 0 Å². The van der Waals surface area contributed by atoms with Gasteiger partial charge in [-0.05, 0) is 36.2 Å². The number of thiazole rings is 1. The number of ether oxygens (including phenoxy) is 1. The van der Waals surface area contributed by atoms with E-state index >= 15 is 0 Å². The molecule has 1 aliphatic rings. The number of carbonyl (C=O) groups excluding carboxylic acids is 2. The monoisotopic (exact) mass is 669 g/mol. The number of rotatable bonds is 11. The van der Waals surface area contributed by atoms with Gasteiger partial charge in [-0.2, -0.15) is 0 Å². The van der Waals surface area contributed by atoms with E-state index in [4.69, 9.17) is 4.74 Å². The number of pyridine rings is 2. The fourth-order valence-electron chi connectivity index (χ4n) is 5.62. The summed E-state index contributed by atoms with van der Waals surface area (Å²) in [5.74, 6) is -0.113. The zero-order valence-electron chi connectivity index (χ0n) is 26.5. The fourth-order valence-corrected chi connectivity index (χ4v) is 6.45. The largest absolute Gasteiger partial charge is 0.379 e. The molecule has 248 valence electrons. The first-order valence-electron chi connectivity index (χ1n) is 15.8. The number of nitrogens with zero attached hydrogens (tertiary/aromatic N) is 4. The number of carbonyl (C=O) groups is 2. The molecular weight excluding hydrogens is 633 g/mol. The standard InChI is InChI=1S/C35H36FN7O4S/c1-2-37-35(46)41-31-17-27(34-40-25(18-36)22-48-34)28(19-39-31)24-8-9-26-30(16-24)43(20-23-6-4-3-5-7-23)21-29(32(26)44)33(45)38-10-11-42-12-14-47-15-13-42/h3-9,16-17,19,21-22H,2,10-15,18,20H2,1H3,(H,38,45)(H2,37,39,41,46). The molecular formula is C35H36FN7O4S.